The predicted molar refractivity (Wildman–Crippen MR) is 85.8 cm³/mol. The van der Waals surface area contributed by atoms with Crippen LogP contribution in [0, 0.1) is 11.8 Å². The Morgan fingerprint density at radius 2 is 1.26 bits per heavy atom. The second-order valence-corrected chi connectivity index (χ2v) is 6.59. The zero-order chi connectivity index (χ0) is 16.7. The lowest BCUT2D eigenvalue weighted by Gasteiger charge is -2.24. The van der Waals surface area contributed by atoms with Gasteiger partial charge in [0.25, 0.3) is 0 Å². The summed E-state index contributed by atoms with van der Waals surface area (Å²) >= 11 is 0. The third-order valence-corrected chi connectivity index (χ3v) is 4.80. The van der Waals surface area contributed by atoms with Gasteiger partial charge in [-0.3, -0.25) is 9.59 Å². The van der Waals surface area contributed by atoms with Gasteiger partial charge in [-0.25, -0.2) is 0 Å². The topological polar surface area (TPSA) is 61.8 Å². The highest BCUT2D eigenvalue weighted by Crippen LogP contribution is 2.44. The van der Waals surface area contributed by atoms with Gasteiger partial charge in [0, 0.05) is 0 Å². The summed E-state index contributed by atoms with van der Waals surface area (Å²) < 4.78 is 16.5. The van der Waals surface area contributed by atoms with Crippen molar-refractivity contribution in [2.45, 2.75) is 77.4 Å². The summed E-state index contributed by atoms with van der Waals surface area (Å²) in [5, 5.41) is 0. The first-order chi connectivity index (χ1) is 11.2. The first-order valence-electron chi connectivity index (χ1n) is 9.17. The van der Waals surface area contributed by atoms with E-state index in [1.54, 1.807) is 0 Å². The van der Waals surface area contributed by atoms with Gasteiger partial charge in [0.1, 0.15) is 0 Å². The Morgan fingerprint density at radius 3 is 1.65 bits per heavy atom. The Labute approximate surface area is 139 Å². The molecule has 0 spiro atoms. The molecule has 0 radical (unpaired) electrons. The summed E-state index contributed by atoms with van der Waals surface area (Å²) in [5.41, 5.74) is 0. The van der Waals surface area contributed by atoms with Gasteiger partial charge in [-0.2, -0.15) is 0 Å². The third kappa shape index (κ3) is 4.69. The Morgan fingerprint density at radius 1 is 0.826 bits per heavy atom. The van der Waals surface area contributed by atoms with Crippen molar-refractivity contribution in [1.82, 2.24) is 0 Å². The summed E-state index contributed by atoms with van der Waals surface area (Å²) in [6, 6.07) is 0. The minimum absolute atomic E-state index is 0.174. The van der Waals surface area contributed by atoms with Gasteiger partial charge in [-0.1, -0.05) is 39.5 Å². The Balaban J connectivity index is 1.86. The SMILES string of the molecule is CCCCCOC(=O)C1C2CCC(O2)C1C(=O)OCCCCC. The van der Waals surface area contributed by atoms with Crippen LogP contribution in [-0.2, 0) is 23.8 Å². The summed E-state index contributed by atoms with van der Waals surface area (Å²) in [6.45, 7) is 5.07. The van der Waals surface area contributed by atoms with Gasteiger partial charge in [0.2, 0.25) is 0 Å². The van der Waals surface area contributed by atoms with Crippen molar-refractivity contribution in [3.05, 3.63) is 0 Å². The van der Waals surface area contributed by atoms with Crippen LogP contribution in [0.25, 0.3) is 0 Å². The number of hydrogen-bond acceptors (Lipinski definition) is 5. The molecule has 4 unspecified atom stereocenters. The Hall–Kier alpha value is -1.10. The molecule has 0 aliphatic carbocycles. The molecular formula is C18H30O5. The standard InChI is InChI=1S/C18H30O5/c1-3-5-7-11-21-17(19)15-13-9-10-14(23-13)16(15)18(20)22-12-8-6-4-2/h13-16H,3-12H2,1-2H3. The molecule has 2 saturated heterocycles. The lowest BCUT2D eigenvalue weighted by Crippen LogP contribution is -2.40. The first-order valence-corrected chi connectivity index (χ1v) is 9.17. The molecule has 0 aromatic rings. The van der Waals surface area contributed by atoms with Crippen LogP contribution < -0.4 is 0 Å². The summed E-state index contributed by atoms with van der Waals surface area (Å²) in [7, 11) is 0. The fraction of sp³-hybridized carbons (Fsp3) is 0.889. The van der Waals surface area contributed by atoms with Crippen molar-refractivity contribution in [3.8, 4) is 0 Å². The highest BCUT2D eigenvalue weighted by Gasteiger charge is 2.56. The van der Waals surface area contributed by atoms with E-state index in [4.69, 9.17) is 14.2 Å². The normalized spacial score (nSPS) is 28.8. The quantitative estimate of drug-likeness (QED) is 0.455. The maximum Gasteiger partial charge on any atom is 0.312 e. The van der Waals surface area contributed by atoms with E-state index in [1.165, 1.54) is 0 Å². The number of carbonyl (C=O) groups is 2. The average Bonchev–Trinajstić information content (AvgIpc) is 3.16. The van der Waals surface area contributed by atoms with Gasteiger partial charge in [-0.05, 0) is 25.7 Å². The summed E-state index contributed by atoms with van der Waals surface area (Å²) in [5.74, 6) is -1.53. The van der Waals surface area contributed by atoms with Crippen molar-refractivity contribution in [1.29, 1.82) is 0 Å². The predicted octanol–water partition coefficient (Wildman–Crippen LogP) is 3.25. The Bertz CT molecular complexity index is 359. The Kier molecular flexibility index (Phi) is 7.34. The van der Waals surface area contributed by atoms with E-state index >= 15 is 0 Å². The number of unbranched alkanes of at least 4 members (excludes halogenated alkanes) is 4. The minimum atomic E-state index is -0.478. The molecule has 2 rings (SSSR count). The lowest BCUT2D eigenvalue weighted by molar-refractivity contribution is -0.161. The van der Waals surface area contributed by atoms with Crippen molar-refractivity contribution in [2.24, 2.45) is 11.8 Å². The minimum Gasteiger partial charge on any atom is -0.465 e. The van der Waals surface area contributed by atoms with Crippen LogP contribution in [-0.4, -0.2) is 37.4 Å². The van der Waals surface area contributed by atoms with Crippen LogP contribution in [0.2, 0.25) is 0 Å². The maximum absolute atomic E-state index is 12.4. The molecule has 23 heavy (non-hydrogen) atoms. The van der Waals surface area contributed by atoms with Gasteiger partial charge >= 0.3 is 11.9 Å². The molecule has 2 fully saturated rings. The number of rotatable bonds is 10. The van der Waals surface area contributed by atoms with Crippen LogP contribution >= 0.6 is 0 Å². The molecule has 2 heterocycles. The molecule has 0 saturated carbocycles. The highest BCUT2D eigenvalue weighted by molar-refractivity contribution is 5.84. The zero-order valence-electron chi connectivity index (χ0n) is 14.4. The summed E-state index contributed by atoms with van der Waals surface area (Å²) in [4.78, 5) is 24.8. The number of ether oxygens (including phenoxy) is 3. The van der Waals surface area contributed by atoms with Crippen LogP contribution in [0.3, 0.4) is 0 Å². The van der Waals surface area contributed by atoms with Crippen LogP contribution in [0.1, 0.15) is 65.2 Å². The fourth-order valence-corrected chi connectivity index (χ4v) is 3.52. The lowest BCUT2D eigenvalue weighted by atomic mass is 9.79. The molecule has 2 aliphatic rings. The number of carbonyl (C=O) groups excluding carboxylic acids is 2. The fourth-order valence-electron chi connectivity index (χ4n) is 3.52. The monoisotopic (exact) mass is 326 g/mol. The number of hydrogen-bond donors (Lipinski definition) is 0. The largest absolute Gasteiger partial charge is 0.465 e. The van der Waals surface area contributed by atoms with E-state index in [9.17, 15) is 9.59 Å². The first kappa shape index (κ1) is 18.2. The van der Waals surface area contributed by atoms with E-state index in [-0.39, 0.29) is 24.1 Å². The second kappa shape index (κ2) is 9.26. The van der Waals surface area contributed by atoms with Gasteiger partial charge < -0.3 is 14.2 Å². The van der Waals surface area contributed by atoms with E-state index in [1.807, 2.05) is 0 Å². The van der Waals surface area contributed by atoms with Crippen LogP contribution in [0.15, 0.2) is 0 Å². The smallest absolute Gasteiger partial charge is 0.312 e. The maximum atomic E-state index is 12.4. The molecule has 132 valence electrons. The molecule has 5 heteroatoms. The zero-order valence-corrected chi connectivity index (χ0v) is 14.4. The van der Waals surface area contributed by atoms with Crippen molar-refractivity contribution in [3.63, 3.8) is 0 Å². The molecule has 4 atom stereocenters. The average molecular weight is 326 g/mol. The molecule has 5 nitrogen and oxygen atoms in total. The summed E-state index contributed by atoms with van der Waals surface area (Å²) in [6.07, 6.45) is 7.32. The van der Waals surface area contributed by atoms with Crippen molar-refractivity contribution < 1.29 is 23.8 Å². The second-order valence-electron chi connectivity index (χ2n) is 6.59. The van der Waals surface area contributed by atoms with Gasteiger partial charge in [0.05, 0.1) is 37.3 Å². The van der Waals surface area contributed by atoms with E-state index in [0.29, 0.717) is 13.2 Å². The molecule has 2 bridgehead atoms. The van der Waals surface area contributed by atoms with Crippen LogP contribution in [0.4, 0.5) is 0 Å². The molecule has 0 aromatic heterocycles. The third-order valence-electron chi connectivity index (χ3n) is 4.80. The van der Waals surface area contributed by atoms with Crippen LogP contribution in [0.5, 0.6) is 0 Å². The van der Waals surface area contributed by atoms with Gasteiger partial charge in [0.15, 0.2) is 0 Å². The van der Waals surface area contributed by atoms with E-state index in [2.05, 4.69) is 13.8 Å². The van der Waals surface area contributed by atoms with E-state index in [0.717, 1.165) is 51.4 Å². The molecule has 0 N–H and O–H groups in total. The van der Waals surface area contributed by atoms with Gasteiger partial charge in [-0.15, -0.1) is 0 Å². The molecule has 2 aliphatic heterocycles. The number of esters is 2. The molecule has 0 amide bonds. The van der Waals surface area contributed by atoms with Crippen molar-refractivity contribution >= 4 is 11.9 Å². The highest BCUT2D eigenvalue weighted by atomic mass is 16.6. The molecular weight excluding hydrogens is 296 g/mol. The van der Waals surface area contributed by atoms with E-state index < -0.39 is 11.8 Å². The number of fused-ring (bicyclic) bond motifs is 2. The molecule has 0 aromatic carbocycles. The van der Waals surface area contributed by atoms with Crippen molar-refractivity contribution in [2.75, 3.05) is 13.2 Å².